The number of amides is 1. The molecular formula is C14H20N4O6. The number of aliphatic hydroxyl groups is 1. The zero-order valence-electron chi connectivity index (χ0n) is 13.5. The van der Waals surface area contributed by atoms with Crippen LogP contribution in [0.15, 0.2) is 24.3 Å². The largest absolute Gasteiger partial charge is 0.480 e. The van der Waals surface area contributed by atoms with Crippen molar-refractivity contribution in [3.05, 3.63) is 35.4 Å². The van der Waals surface area contributed by atoms with Crippen molar-refractivity contribution >= 4 is 11.9 Å². The molecule has 2 rings (SSSR count). The Balaban J connectivity index is 1.99. The Bertz CT molecular complexity index is 613. The van der Waals surface area contributed by atoms with Crippen molar-refractivity contribution in [1.82, 2.24) is 20.8 Å². The Labute approximate surface area is 138 Å². The van der Waals surface area contributed by atoms with Crippen molar-refractivity contribution in [2.24, 2.45) is 0 Å². The highest BCUT2D eigenvalue weighted by atomic mass is 16.8. The van der Waals surface area contributed by atoms with Gasteiger partial charge in [0.1, 0.15) is 6.54 Å². The molecule has 1 aromatic rings. The molecule has 2 atom stereocenters. The van der Waals surface area contributed by atoms with Crippen LogP contribution in [0.1, 0.15) is 29.1 Å². The summed E-state index contributed by atoms with van der Waals surface area (Å²) in [5, 5.41) is 21.2. The fourth-order valence-corrected chi connectivity index (χ4v) is 2.37. The van der Waals surface area contributed by atoms with Crippen molar-refractivity contribution in [1.29, 1.82) is 0 Å². The fourth-order valence-electron chi connectivity index (χ4n) is 2.37. The van der Waals surface area contributed by atoms with Crippen molar-refractivity contribution in [2.45, 2.75) is 19.4 Å². The van der Waals surface area contributed by atoms with E-state index in [1.165, 1.54) is 19.2 Å². The molecule has 24 heavy (non-hydrogen) atoms. The van der Waals surface area contributed by atoms with Crippen LogP contribution in [-0.4, -0.2) is 64.2 Å². The van der Waals surface area contributed by atoms with Gasteiger partial charge in [-0.15, -0.1) is 0 Å². The summed E-state index contributed by atoms with van der Waals surface area (Å²) in [4.78, 5) is 34.5. The van der Waals surface area contributed by atoms with Crippen LogP contribution in [0.25, 0.3) is 0 Å². The van der Waals surface area contributed by atoms with Gasteiger partial charge in [0.2, 0.25) is 0 Å². The molecule has 10 nitrogen and oxygen atoms in total. The molecule has 1 heterocycles. The molecule has 0 aromatic heterocycles. The Kier molecular flexibility index (Phi) is 5.83. The molecule has 3 N–H and O–H groups in total. The smallest absolute Gasteiger partial charge is 0.319 e. The molecule has 0 aliphatic carbocycles. The number of fused-ring (bicyclic) bond motifs is 1. The lowest BCUT2D eigenvalue weighted by atomic mass is 10.1. The SMILES string of the molecule is CON(NOC(C)N1C(=O)c2ccccc2C1O)N(C)CC(=O)O. The van der Waals surface area contributed by atoms with Gasteiger partial charge in [0.25, 0.3) is 5.91 Å². The number of hydrogen-bond donors (Lipinski definition) is 3. The van der Waals surface area contributed by atoms with Gasteiger partial charge < -0.3 is 10.2 Å². The van der Waals surface area contributed by atoms with Crippen LogP contribution in [0.4, 0.5) is 0 Å². The second-order valence-electron chi connectivity index (χ2n) is 5.15. The third-order valence-electron chi connectivity index (χ3n) is 3.51. The molecule has 1 amide bonds. The number of carbonyl (C=O) groups is 2. The first-order valence-corrected chi connectivity index (χ1v) is 7.14. The summed E-state index contributed by atoms with van der Waals surface area (Å²) in [6.45, 7) is 1.22. The van der Waals surface area contributed by atoms with Gasteiger partial charge in [-0.25, -0.2) is 0 Å². The predicted octanol–water partition coefficient (Wildman–Crippen LogP) is -0.290. The standard InChI is InChI=1S/C14H20N4O6/c1-9(24-15-18(23-3)16(2)8-12(19)20)17-13(21)10-6-4-5-7-11(10)14(17)22/h4-7,9,13,15,21H,8H2,1-3H3,(H,19,20). The zero-order valence-corrected chi connectivity index (χ0v) is 13.5. The summed E-state index contributed by atoms with van der Waals surface area (Å²) in [6.07, 6.45) is -1.98. The number of rotatable bonds is 8. The summed E-state index contributed by atoms with van der Waals surface area (Å²) in [7, 11) is 2.77. The molecule has 0 radical (unpaired) electrons. The summed E-state index contributed by atoms with van der Waals surface area (Å²) in [5.74, 6) is -1.43. The van der Waals surface area contributed by atoms with E-state index in [9.17, 15) is 14.7 Å². The maximum atomic E-state index is 12.4. The van der Waals surface area contributed by atoms with Crippen molar-refractivity contribution in [2.75, 3.05) is 20.7 Å². The molecule has 2 unspecified atom stereocenters. The molecule has 0 saturated heterocycles. The number of likely N-dealkylation sites (N-methyl/N-ethyl adjacent to an activating group) is 1. The Morgan fingerprint density at radius 2 is 2.12 bits per heavy atom. The molecule has 10 heteroatoms. The van der Waals surface area contributed by atoms with Gasteiger partial charge in [0, 0.05) is 18.2 Å². The van der Waals surface area contributed by atoms with Gasteiger partial charge in [0.05, 0.1) is 7.11 Å². The Morgan fingerprint density at radius 3 is 2.71 bits per heavy atom. The van der Waals surface area contributed by atoms with Crippen LogP contribution in [0.3, 0.4) is 0 Å². The van der Waals surface area contributed by atoms with Gasteiger partial charge >= 0.3 is 5.97 Å². The molecule has 0 spiro atoms. The van der Waals surface area contributed by atoms with Gasteiger partial charge in [0.15, 0.2) is 12.5 Å². The summed E-state index contributed by atoms with van der Waals surface area (Å²) in [5.41, 5.74) is 3.30. The fraction of sp³-hybridized carbons (Fsp3) is 0.429. The maximum Gasteiger partial charge on any atom is 0.319 e. The number of benzene rings is 1. The van der Waals surface area contributed by atoms with Gasteiger partial charge in [-0.2, -0.15) is 5.01 Å². The van der Waals surface area contributed by atoms with E-state index in [1.807, 2.05) is 0 Å². The average Bonchev–Trinajstić information content (AvgIpc) is 2.79. The van der Waals surface area contributed by atoms with E-state index >= 15 is 0 Å². The van der Waals surface area contributed by atoms with E-state index in [-0.39, 0.29) is 12.5 Å². The highest BCUT2D eigenvalue weighted by Gasteiger charge is 2.39. The minimum atomic E-state index is -1.13. The minimum absolute atomic E-state index is 0.338. The van der Waals surface area contributed by atoms with Crippen LogP contribution in [0, 0.1) is 0 Å². The molecule has 0 bridgehead atoms. The quantitative estimate of drug-likeness (QED) is 0.549. The number of nitrogens with zero attached hydrogens (tertiary/aromatic N) is 3. The third-order valence-corrected chi connectivity index (χ3v) is 3.51. The summed E-state index contributed by atoms with van der Waals surface area (Å²) < 4.78 is 0. The van der Waals surface area contributed by atoms with Crippen LogP contribution >= 0.6 is 0 Å². The topological polar surface area (TPSA) is 115 Å². The lowest BCUT2D eigenvalue weighted by molar-refractivity contribution is -0.365. The van der Waals surface area contributed by atoms with E-state index < -0.39 is 18.4 Å². The Morgan fingerprint density at radius 1 is 1.46 bits per heavy atom. The molecule has 0 fully saturated rings. The number of hydrazine groups is 2. The van der Waals surface area contributed by atoms with E-state index in [0.29, 0.717) is 11.1 Å². The van der Waals surface area contributed by atoms with E-state index in [1.54, 1.807) is 31.2 Å². The average molecular weight is 340 g/mol. The van der Waals surface area contributed by atoms with Crippen LogP contribution in [0.2, 0.25) is 0 Å². The number of carbonyl (C=O) groups excluding carboxylic acids is 1. The number of hydrogen-bond acceptors (Lipinski definition) is 8. The van der Waals surface area contributed by atoms with E-state index in [4.69, 9.17) is 14.8 Å². The highest BCUT2D eigenvalue weighted by molar-refractivity contribution is 5.99. The van der Waals surface area contributed by atoms with Gasteiger partial charge in [-0.1, -0.05) is 23.8 Å². The normalized spacial score (nSPS) is 18.3. The second kappa shape index (κ2) is 7.66. The number of aliphatic carboxylic acids is 1. The van der Waals surface area contributed by atoms with Crippen molar-refractivity contribution in [3.63, 3.8) is 0 Å². The molecule has 1 aliphatic heterocycles. The number of aliphatic hydroxyl groups excluding tert-OH is 1. The number of carboxylic acid groups (broad SMARTS) is 1. The maximum absolute atomic E-state index is 12.4. The molecule has 132 valence electrons. The van der Waals surface area contributed by atoms with Crippen molar-refractivity contribution in [3.8, 4) is 0 Å². The first-order chi connectivity index (χ1) is 11.4. The van der Waals surface area contributed by atoms with E-state index in [2.05, 4.69) is 5.59 Å². The molecule has 1 aromatic carbocycles. The lowest BCUT2D eigenvalue weighted by Crippen LogP contribution is -2.52. The van der Waals surface area contributed by atoms with Crippen LogP contribution in [0.5, 0.6) is 0 Å². The second-order valence-corrected chi connectivity index (χ2v) is 5.15. The molecular weight excluding hydrogens is 320 g/mol. The number of carboxylic acids is 1. The first-order valence-electron chi connectivity index (χ1n) is 7.14. The van der Waals surface area contributed by atoms with Gasteiger partial charge in [-0.05, 0) is 18.3 Å². The highest BCUT2D eigenvalue weighted by Crippen LogP contribution is 2.32. The minimum Gasteiger partial charge on any atom is -0.480 e. The zero-order chi connectivity index (χ0) is 17.9. The Hall–Kier alpha value is -2.08. The summed E-state index contributed by atoms with van der Waals surface area (Å²) >= 11 is 0. The van der Waals surface area contributed by atoms with Crippen LogP contribution < -0.4 is 5.59 Å². The van der Waals surface area contributed by atoms with Crippen molar-refractivity contribution < 1.29 is 29.5 Å². The third kappa shape index (κ3) is 3.70. The first kappa shape index (κ1) is 18.3. The lowest BCUT2D eigenvalue weighted by Gasteiger charge is -2.32. The van der Waals surface area contributed by atoms with Crippen LogP contribution in [-0.2, 0) is 14.5 Å². The van der Waals surface area contributed by atoms with E-state index in [0.717, 1.165) is 10.2 Å². The van der Waals surface area contributed by atoms with Gasteiger partial charge in [-0.3, -0.25) is 24.2 Å². The summed E-state index contributed by atoms with van der Waals surface area (Å²) in [6, 6.07) is 6.74. The number of nitrogens with one attached hydrogen (secondary N) is 1. The predicted molar refractivity (Wildman–Crippen MR) is 80.4 cm³/mol. The monoisotopic (exact) mass is 340 g/mol. The molecule has 0 saturated carbocycles. The molecule has 1 aliphatic rings.